The Bertz CT molecular complexity index is 320. The third kappa shape index (κ3) is 10.4. The zero-order valence-corrected chi connectivity index (χ0v) is 12.8. The van der Waals surface area contributed by atoms with Crippen molar-refractivity contribution in [1.82, 2.24) is 5.32 Å². The Hall–Kier alpha value is -1.50. The fourth-order valence-corrected chi connectivity index (χ4v) is 1.58. The van der Waals surface area contributed by atoms with E-state index in [1.165, 1.54) is 0 Å². The predicted octanol–water partition coefficient (Wildman–Crippen LogP) is 0.704. The van der Waals surface area contributed by atoms with Crippen LogP contribution in [0.4, 0.5) is 4.79 Å². The van der Waals surface area contributed by atoms with E-state index < -0.39 is 17.8 Å². The van der Waals surface area contributed by atoms with Crippen LogP contribution in [0.15, 0.2) is 4.99 Å². The molecule has 0 aliphatic rings. The molecular formula is C13H28N4O3. The number of nitrogens with two attached hydrogens (primary N) is 2. The van der Waals surface area contributed by atoms with Gasteiger partial charge in [0.1, 0.15) is 5.60 Å². The van der Waals surface area contributed by atoms with Gasteiger partial charge in [-0.1, -0.05) is 0 Å². The van der Waals surface area contributed by atoms with E-state index in [0.29, 0.717) is 13.0 Å². The Morgan fingerprint density at radius 1 is 1.35 bits per heavy atom. The van der Waals surface area contributed by atoms with Crippen molar-refractivity contribution in [3.63, 3.8) is 0 Å². The average Bonchev–Trinajstić information content (AvgIpc) is 2.23. The first-order chi connectivity index (χ1) is 9.11. The number of guanidine groups is 1. The van der Waals surface area contributed by atoms with Gasteiger partial charge in [0.25, 0.3) is 0 Å². The number of hydrogen-bond acceptors (Lipinski definition) is 4. The smallest absolute Gasteiger partial charge is 0.407 e. The molecule has 0 saturated carbocycles. The molecule has 0 aromatic heterocycles. The van der Waals surface area contributed by atoms with Crippen molar-refractivity contribution < 1.29 is 14.6 Å². The minimum Gasteiger partial charge on any atom is -0.444 e. The lowest BCUT2D eigenvalue weighted by molar-refractivity contribution is 0.0429. The minimum absolute atomic E-state index is 0.0731. The van der Waals surface area contributed by atoms with E-state index in [-0.39, 0.29) is 12.0 Å². The fourth-order valence-electron chi connectivity index (χ4n) is 1.58. The second-order valence-electron chi connectivity index (χ2n) is 5.80. The number of rotatable bonds is 7. The number of carbonyl (C=O) groups is 1. The first-order valence-electron chi connectivity index (χ1n) is 6.85. The lowest BCUT2D eigenvalue weighted by Crippen LogP contribution is -2.44. The number of carbonyl (C=O) groups excluding carboxylic acids is 1. The molecule has 20 heavy (non-hydrogen) atoms. The maximum atomic E-state index is 11.7. The van der Waals surface area contributed by atoms with E-state index >= 15 is 0 Å². The Morgan fingerprint density at radius 2 is 1.95 bits per heavy atom. The fraction of sp³-hybridized carbons (Fsp3) is 0.846. The van der Waals surface area contributed by atoms with E-state index in [1.807, 2.05) is 0 Å². The molecule has 0 aliphatic carbocycles. The number of alkyl carbamates (subject to hydrolysis) is 1. The molecule has 0 heterocycles. The van der Waals surface area contributed by atoms with Gasteiger partial charge < -0.3 is 26.6 Å². The highest BCUT2D eigenvalue weighted by Crippen LogP contribution is 2.10. The third-order valence-corrected chi connectivity index (χ3v) is 2.50. The van der Waals surface area contributed by atoms with Crippen LogP contribution >= 0.6 is 0 Å². The molecular weight excluding hydrogens is 260 g/mol. The number of unbranched alkanes of at least 4 members (excludes halogenated alkanes) is 1. The maximum absolute atomic E-state index is 11.7. The van der Waals surface area contributed by atoms with E-state index in [9.17, 15) is 9.90 Å². The van der Waals surface area contributed by atoms with Gasteiger partial charge in [-0.05, 0) is 47.0 Å². The number of amides is 1. The third-order valence-electron chi connectivity index (χ3n) is 2.50. The van der Waals surface area contributed by atoms with E-state index in [0.717, 1.165) is 12.8 Å². The van der Waals surface area contributed by atoms with Crippen LogP contribution in [0.3, 0.4) is 0 Å². The molecule has 7 nitrogen and oxygen atoms in total. The van der Waals surface area contributed by atoms with E-state index in [2.05, 4.69) is 10.3 Å². The van der Waals surface area contributed by atoms with Crippen LogP contribution < -0.4 is 16.8 Å². The summed E-state index contributed by atoms with van der Waals surface area (Å²) in [5, 5.41) is 12.3. The van der Waals surface area contributed by atoms with Crippen LogP contribution in [-0.2, 0) is 4.74 Å². The minimum atomic E-state index is -0.648. The molecule has 0 spiro atoms. The predicted molar refractivity (Wildman–Crippen MR) is 79.4 cm³/mol. The zero-order valence-electron chi connectivity index (χ0n) is 12.8. The molecule has 0 rings (SSSR count). The van der Waals surface area contributed by atoms with Gasteiger partial charge in [-0.2, -0.15) is 0 Å². The van der Waals surface area contributed by atoms with Crippen molar-refractivity contribution in [2.75, 3.05) is 6.54 Å². The summed E-state index contributed by atoms with van der Waals surface area (Å²) in [6.45, 7) is 7.55. The molecule has 2 atom stereocenters. The highest BCUT2D eigenvalue weighted by molar-refractivity contribution is 5.75. The summed E-state index contributed by atoms with van der Waals surface area (Å²) in [7, 11) is 0. The Labute approximate surface area is 120 Å². The lowest BCUT2D eigenvalue weighted by atomic mass is 10.1. The highest BCUT2D eigenvalue weighted by Gasteiger charge is 2.21. The lowest BCUT2D eigenvalue weighted by Gasteiger charge is -2.25. The normalized spacial score (nSPS) is 14.2. The molecule has 0 bridgehead atoms. The number of aliphatic hydroxyl groups excluding tert-OH is 1. The van der Waals surface area contributed by atoms with Gasteiger partial charge >= 0.3 is 6.09 Å². The van der Waals surface area contributed by atoms with Crippen LogP contribution in [0.25, 0.3) is 0 Å². The van der Waals surface area contributed by atoms with Crippen LogP contribution in [-0.4, -0.2) is 41.5 Å². The molecule has 1 amide bonds. The highest BCUT2D eigenvalue weighted by atomic mass is 16.6. The summed E-state index contributed by atoms with van der Waals surface area (Å²) in [6.07, 6.45) is 1.05. The molecule has 6 N–H and O–H groups in total. The molecule has 0 fully saturated rings. The first kappa shape index (κ1) is 18.5. The topological polar surface area (TPSA) is 123 Å². The number of aliphatic hydroxyl groups is 1. The van der Waals surface area contributed by atoms with Crippen molar-refractivity contribution in [3.8, 4) is 0 Å². The number of aliphatic imine (C=N–C) groups is 1. The standard InChI is InChI=1S/C13H28N4O3/c1-9(18)10(7-5-6-8-16-11(14)15)17-12(19)20-13(2,3)4/h9-10,18H,5-8H2,1-4H3,(H,17,19)(H4,14,15,16). The molecule has 118 valence electrons. The molecule has 0 aromatic rings. The molecule has 7 heteroatoms. The summed E-state index contributed by atoms with van der Waals surface area (Å²) >= 11 is 0. The molecule has 0 saturated heterocycles. The SMILES string of the molecule is CC(O)C(CCCCN=C(N)N)NC(=O)OC(C)(C)C. The van der Waals surface area contributed by atoms with Gasteiger partial charge in [0.2, 0.25) is 0 Å². The van der Waals surface area contributed by atoms with Gasteiger partial charge in [-0.25, -0.2) is 4.79 Å². The first-order valence-corrected chi connectivity index (χ1v) is 6.85. The van der Waals surface area contributed by atoms with Gasteiger partial charge in [-0.3, -0.25) is 4.99 Å². The Morgan fingerprint density at radius 3 is 2.40 bits per heavy atom. The summed E-state index contributed by atoms with van der Waals surface area (Å²) in [5.41, 5.74) is 9.89. The number of nitrogens with zero attached hydrogens (tertiary/aromatic N) is 1. The Kier molecular flexibility index (Phi) is 7.98. The average molecular weight is 288 g/mol. The second-order valence-corrected chi connectivity index (χ2v) is 5.80. The van der Waals surface area contributed by atoms with Crippen LogP contribution in [0, 0.1) is 0 Å². The van der Waals surface area contributed by atoms with Crippen molar-refractivity contribution in [1.29, 1.82) is 0 Å². The number of nitrogens with one attached hydrogen (secondary N) is 1. The molecule has 0 radical (unpaired) electrons. The van der Waals surface area contributed by atoms with Crippen molar-refractivity contribution in [2.45, 2.75) is 64.7 Å². The van der Waals surface area contributed by atoms with E-state index in [4.69, 9.17) is 16.2 Å². The molecule has 0 aromatic carbocycles. The van der Waals surface area contributed by atoms with Crippen molar-refractivity contribution in [2.24, 2.45) is 16.5 Å². The summed E-state index contributed by atoms with van der Waals surface area (Å²) in [4.78, 5) is 15.5. The second kappa shape index (κ2) is 8.63. The van der Waals surface area contributed by atoms with E-state index in [1.54, 1.807) is 27.7 Å². The molecule has 0 aliphatic heterocycles. The van der Waals surface area contributed by atoms with Gasteiger partial charge in [0.05, 0.1) is 12.1 Å². The van der Waals surface area contributed by atoms with Gasteiger partial charge in [-0.15, -0.1) is 0 Å². The summed E-state index contributed by atoms with van der Waals surface area (Å²) < 4.78 is 5.16. The van der Waals surface area contributed by atoms with Crippen molar-refractivity contribution in [3.05, 3.63) is 0 Å². The van der Waals surface area contributed by atoms with Gasteiger partial charge in [0.15, 0.2) is 5.96 Å². The van der Waals surface area contributed by atoms with Crippen LogP contribution in [0.5, 0.6) is 0 Å². The Balaban J connectivity index is 4.11. The van der Waals surface area contributed by atoms with Gasteiger partial charge in [0, 0.05) is 6.54 Å². The number of hydrogen-bond donors (Lipinski definition) is 4. The zero-order chi connectivity index (χ0) is 15.8. The molecule has 2 unspecified atom stereocenters. The number of ether oxygens (including phenoxy) is 1. The van der Waals surface area contributed by atoms with Crippen molar-refractivity contribution >= 4 is 12.1 Å². The monoisotopic (exact) mass is 288 g/mol. The quantitative estimate of drug-likeness (QED) is 0.312. The largest absolute Gasteiger partial charge is 0.444 e. The summed E-state index contributed by atoms with van der Waals surface area (Å²) in [5.74, 6) is 0.0731. The van der Waals surface area contributed by atoms with Crippen LogP contribution in [0.2, 0.25) is 0 Å². The summed E-state index contributed by atoms with van der Waals surface area (Å²) in [6, 6.07) is -0.343. The maximum Gasteiger partial charge on any atom is 0.407 e. The van der Waals surface area contributed by atoms with Crippen LogP contribution in [0.1, 0.15) is 47.0 Å².